The van der Waals surface area contributed by atoms with Crippen LogP contribution in [0.25, 0.3) is 0 Å². The van der Waals surface area contributed by atoms with Crippen LogP contribution in [0.5, 0.6) is 0 Å². The SMILES string of the molecule is Cc1ccccc1C1CCCN1C(=O)CCc1ncc(C(C)(C)C)o1. The zero-order valence-corrected chi connectivity index (χ0v) is 15.7. The summed E-state index contributed by atoms with van der Waals surface area (Å²) < 4.78 is 5.81. The Morgan fingerprint density at radius 1 is 1.32 bits per heavy atom. The van der Waals surface area contributed by atoms with Gasteiger partial charge in [-0.2, -0.15) is 0 Å². The lowest BCUT2D eigenvalue weighted by molar-refractivity contribution is -0.132. The van der Waals surface area contributed by atoms with Crippen molar-refractivity contribution in [3.8, 4) is 0 Å². The number of aryl methyl sites for hydroxylation is 2. The third kappa shape index (κ3) is 3.94. The molecule has 1 aromatic carbocycles. The van der Waals surface area contributed by atoms with Gasteiger partial charge in [0.05, 0.1) is 12.2 Å². The topological polar surface area (TPSA) is 46.3 Å². The smallest absolute Gasteiger partial charge is 0.223 e. The van der Waals surface area contributed by atoms with E-state index in [1.807, 2.05) is 4.90 Å². The molecule has 1 aliphatic rings. The number of amides is 1. The molecular weight excluding hydrogens is 312 g/mol. The maximum Gasteiger partial charge on any atom is 0.223 e. The van der Waals surface area contributed by atoms with Crippen LogP contribution in [0.4, 0.5) is 0 Å². The molecule has 0 aliphatic carbocycles. The van der Waals surface area contributed by atoms with E-state index in [0.717, 1.165) is 25.1 Å². The summed E-state index contributed by atoms with van der Waals surface area (Å²) in [5.74, 6) is 1.72. The van der Waals surface area contributed by atoms with Gasteiger partial charge >= 0.3 is 0 Å². The van der Waals surface area contributed by atoms with E-state index in [1.54, 1.807) is 6.20 Å². The monoisotopic (exact) mass is 340 g/mol. The molecular formula is C21H28N2O2. The van der Waals surface area contributed by atoms with E-state index < -0.39 is 0 Å². The van der Waals surface area contributed by atoms with Gasteiger partial charge in [0, 0.05) is 24.8 Å². The van der Waals surface area contributed by atoms with E-state index >= 15 is 0 Å². The summed E-state index contributed by atoms with van der Waals surface area (Å²) in [7, 11) is 0. The number of nitrogens with zero attached hydrogens (tertiary/aromatic N) is 2. The average Bonchev–Trinajstić information content (AvgIpc) is 3.22. The molecule has 1 saturated heterocycles. The highest BCUT2D eigenvalue weighted by molar-refractivity contribution is 5.77. The summed E-state index contributed by atoms with van der Waals surface area (Å²) in [6.45, 7) is 9.26. The lowest BCUT2D eigenvalue weighted by Crippen LogP contribution is -2.31. The van der Waals surface area contributed by atoms with Crippen molar-refractivity contribution in [2.75, 3.05) is 6.54 Å². The number of aromatic nitrogens is 1. The molecule has 0 bridgehead atoms. The first kappa shape index (κ1) is 17.7. The van der Waals surface area contributed by atoms with Gasteiger partial charge < -0.3 is 9.32 Å². The molecule has 0 radical (unpaired) electrons. The van der Waals surface area contributed by atoms with Crippen LogP contribution in [-0.4, -0.2) is 22.3 Å². The van der Waals surface area contributed by atoms with Crippen molar-refractivity contribution in [1.82, 2.24) is 9.88 Å². The lowest BCUT2D eigenvalue weighted by atomic mass is 9.94. The Morgan fingerprint density at radius 3 is 2.76 bits per heavy atom. The predicted octanol–water partition coefficient (Wildman–Crippen LogP) is 4.58. The molecule has 4 heteroatoms. The molecule has 2 aromatic rings. The Kier molecular flexibility index (Phi) is 4.98. The van der Waals surface area contributed by atoms with Crippen molar-refractivity contribution in [3.05, 3.63) is 53.2 Å². The first-order valence-corrected chi connectivity index (χ1v) is 9.16. The van der Waals surface area contributed by atoms with E-state index in [9.17, 15) is 4.79 Å². The Morgan fingerprint density at radius 2 is 2.08 bits per heavy atom. The van der Waals surface area contributed by atoms with Crippen molar-refractivity contribution in [2.45, 2.75) is 64.8 Å². The number of benzene rings is 1. The molecule has 3 rings (SSSR count). The second-order valence-corrected chi connectivity index (χ2v) is 7.97. The number of hydrogen-bond donors (Lipinski definition) is 0. The van der Waals surface area contributed by atoms with Crippen LogP contribution in [0.1, 0.15) is 68.9 Å². The predicted molar refractivity (Wildman–Crippen MR) is 98.4 cm³/mol. The highest BCUT2D eigenvalue weighted by Gasteiger charge is 2.30. The summed E-state index contributed by atoms with van der Waals surface area (Å²) >= 11 is 0. The molecule has 1 aliphatic heterocycles. The maximum atomic E-state index is 12.8. The van der Waals surface area contributed by atoms with Gasteiger partial charge in [-0.25, -0.2) is 4.98 Å². The fourth-order valence-corrected chi connectivity index (χ4v) is 3.48. The number of hydrogen-bond acceptors (Lipinski definition) is 3. The van der Waals surface area contributed by atoms with Gasteiger partial charge in [-0.1, -0.05) is 45.0 Å². The molecule has 4 nitrogen and oxygen atoms in total. The first-order valence-electron chi connectivity index (χ1n) is 9.16. The van der Waals surface area contributed by atoms with Crippen LogP contribution in [0, 0.1) is 6.92 Å². The van der Waals surface area contributed by atoms with Gasteiger partial charge in [-0.15, -0.1) is 0 Å². The Hall–Kier alpha value is -2.10. The van der Waals surface area contributed by atoms with Crippen LogP contribution >= 0.6 is 0 Å². The van der Waals surface area contributed by atoms with E-state index in [2.05, 4.69) is 56.9 Å². The molecule has 25 heavy (non-hydrogen) atoms. The molecule has 1 fully saturated rings. The standard InChI is InChI=1S/C21H28N2O2/c1-15-8-5-6-9-16(15)17-10-7-13-23(17)20(24)12-11-19-22-14-18(25-19)21(2,3)4/h5-6,8-9,14,17H,7,10-13H2,1-4H3. The van der Waals surface area contributed by atoms with Crippen LogP contribution in [0.15, 0.2) is 34.9 Å². The number of likely N-dealkylation sites (tertiary alicyclic amines) is 1. The summed E-state index contributed by atoms with van der Waals surface area (Å²) in [6.07, 6.45) is 4.91. The second kappa shape index (κ2) is 7.03. The Labute approximate surface area is 150 Å². The van der Waals surface area contributed by atoms with Crippen molar-refractivity contribution in [1.29, 1.82) is 0 Å². The fraction of sp³-hybridized carbons (Fsp3) is 0.524. The summed E-state index contributed by atoms with van der Waals surface area (Å²) in [5, 5.41) is 0. The van der Waals surface area contributed by atoms with Gasteiger partial charge in [0.25, 0.3) is 0 Å². The van der Waals surface area contributed by atoms with E-state index in [-0.39, 0.29) is 17.4 Å². The van der Waals surface area contributed by atoms with Gasteiger partial charge in [0.1, 0.15) is 5.76 Å². The lowest BCUT2D eigenvalue weighted by Gasteiger charge is -2.26. The Bertz CT molecular complexity index is 742. The highest BCUT2D eigenvalue weighted by Crippen LogP contribution is 2.34. The van der Waals surface area contributed by atoms with Crippen molar-refractivity contribution < 1.29 is 9.21 Å². The van der Waals surface area contributed by atoms with Gasteiger partial charge in [-0.3, -0.25) is 4.79 Å². The second-order valence-electron chi connectivity index (χ2n) is 7.97. The van der Waals surface area contributed by atoms with Crippen LogP contribution in [0.2, 0.25) is 0 Å². The zero-order valence-electron chi connectivity index (χ0n) is 15.7. The fourth-order valence-electron chi connectivity index (χ4n) is 3.48. The van der Waals surface area contributed by atoms with Crippen LogP contribution in [0.3, 0.4) is 0 Å². The summed E-state index contributed by atoms with van der Waals surface area (Å²) in [4.78, 5) is 19.1. The molecule has 1 unspecified atom stereocenters. The molecule has 0 spiro atoms. The largest absolute Gasteiger partial charge is 0.445 e. The minimum Gasteiger partial charge on any atom is -0.445 e. The van der Waals surface area contributed by atoms with Gasteiger partial charge in [0.2, 0.25) is 5.91 Å². The van der Waals surface area contributed by atoms with Gasteiger partial charge in [0.15, 0.2) is 5.89 Å². The van der Waals surface area contributed by atoms with E-state index in [0.29, 0.717) is 18.7 Å². The summed E-state index contributed by atoms with van der Waals surface area (Å²) in [6, 6.07) is 8.59. The molecule has 134 valence electrons. The normalized spacial score (nSPS) is 17.9. The minimum atomic E-state index is -0.0554. The van der Waals surface area contributed by atoms with Crippen LogP contribution in [-0.2, 0) is 16.6 Å². The summed E-state index contributed by atoms with van der Waals surface area (Å²) in [5.41, 5.74) is 2.48. The van der Waals surface area contributed by atoms with Crippen molar-refractivity contribution in [2.24, 2.45) is 0 Å². The van der Waals surface area contributed by atoms with Crippen LogP contribution < -0.4 is 0 Å². The Balaban J connectivity index is 1.65. The van der Waals surface area contributed by atoms with Crippen molar-refractivity contribution in [3.63, 3.8) is 0 Å². The number of carbonyl (C=O) groups is 1. The average molecular weight is 340 g/mol. The maximum absolute atomic E-state index is 12.8. The number of carbonyl (C=O) groups excluding carboxylic acids is 1. The third-order valence-electron chi connectivity index (χ3n) is 4.97. The third-order valence-corrected chi connectivity index (χ3v) is 4.97. The quantitative estimate of drug-likeness (QED) is 0.818. The van der Waals surface area contributed by atoms with Gasteiger partial charge in [-0.05, 0) is 30.9 Å². The molecule has 1 atom stereocenters. The molecule has 2 heterocycles. The first-order chi connectivity index (χ1) is 11.9. The molecule has 1 amide bonds. The van der Waals surface area contributed by atoms with Crippen molar-refractivity contribution >= 4 is 5.91 Å². The minimum absolute atomic E-state index is 0.0554. The number of oxazole rings is 1. The number of rotatable bonds is 4. The van der Waals surface area contributed by atoms with E-state index in [1.165, 1.54) is 11.1 Å². The zero-order chi connectivity index (χ0) is 18.0. The van der Waals surface area contributed by atoms with E-state index in [4.69, 9.17) is 4.42 Å². The molecule has 1 aromatic heterocycles. The molecule has 0 saturated carbocycles. The highest BCUT2D eigenvalue weighted by atomic mass is 16.4. The molecule has 0 N–H and O–H groups in total.